The van der Waals surface area contributed by atoms with Crippen molar-refractivity contribution in [2.75, 3.05) is 0 Å². The van der Waals surface area contributed by atoms with Gasteiger partial charge in [-0.25, -0.2) is 0 Å². The smallest absolute Gasteiger partial charge is 0.0729 e. The van der Waals surface area contributed by atoms with Crippen molar-refractivity contribution in [3.63, 3.8) is 0 Å². The zero-order valence-electron chi connectivity index (χ0n) is 12.2. The van der Waals surface area contributed by atoms with Gasteiger partial charge in [-0.15, -0.1) is 0 Å². The third-order valence-electron chi connectivity index (χ3n) is 6.32. The van der Waals surface area contributed by atoms with Gasteiger partial charge in [-0.3, -0.25) is 0 Å². The van der Waals surface area contributed by atoms with Crippen LogP contribution in [0.25, 0.3) is 0 Å². The molecule has 2 nitrogen and oxygen atoms in total. The zero-order valence-corrected chi connectivity index (χ0v) is 12.2. The Hall–Kier alpha value is -0.860. The van der Waals surface area contributed by atoms with Gasteiger partial charge in [0.25, 0.3) is 0 Å². The fraction of sp³-hybridized carbons (Fsp3) is 0.667. The number of aliphatic hydroxyl groups is 2. The highest BCUT2D eigenvalue weighted by Crippen LogP contribution is 2.57. The van der Waals surface area contributed by atoms with Gasteiger partial charge in [-0.2, -0.15) is 0 Å². The van der Waals surface area contributed by atoms with Crippen LogP contribution in [-0.2, 0) is 0 Å². The van der Waals surface area contributed by atoms with E-state index in [-0.39, 0.29) is 17.6 Å². The summed E-state index contributed by atoms with van der Waals surface area (Å²) >= 11 is 0. The molecule has 1 fully saturated rings. The Morgan fingerprint density at radius 1 is 1.10 bits per heavy atom. The number of rotatable bonds is 0. The van der Waals surface area contributed by atoms with Gasteiger partial charge < -0.3 is 10.2 Å². The predicted octanol–water partition coefficient (Wildman–Crippen LogP) is 3.12. The minimum atomic E-state index is -0.239. The lowest BCUT2D eigenvalue weighted by Crippen LogP contribution is -2.39. The van der Waals surface area contributed by atoms with Crippen LogP contribution in [0, 0.1) is 17.3 Å². The predicted molar refractivity (Wildman–Crippen MR) is 79.1 cm³/mol. The van der Waals surface area contributed by atoms with Crippen molar-refractivity contribution in [3.8, 4) is 0 Å². The van der Waals surface area contributed by atoms with E-state index in [9.17, 15) is 10.2 Å². The van der Waals surface area contributed by atoms with Crippen LogP contribution < -0.4 is 0 Å². The molecule has 4 rings (SSSR count). The van der Waals surface area contributed by atoms with Gasteiger partial charge in [0.1, 0.15) is 0 Å². The summed E-state index contributed by atoms with van der Waals surface area (Å²) in [6.45, 7) is 2.24. The van der Waals surface area contributed by atoms with E-state index in [4.69, 9.17) is 0 Å². The van der Waals surface area contributed by atoms with E-state index in [1.807, 2.05) is 0 Å². The largest absolute Gasteiger partial charge is 0.392 e. The first-order chi connectivity index (χ1) is 9.59. The summed E-state index contributed by atoms with van der Waals surface area (Å²) in [6, 6.07) is 0. The van der Waals surface area contributed by atoms with Crippen molar-refractivity contribution in [2.45, 2.75) is 57.7 Å². The van der Waals surface area contributed by atoms with Crippen molar-refractivity contribution in [1.29, 1.82) is 0 Å². The van der Waals surface area contributed by atoms with Crippen LogP contribution >= 0.6 is 0 Å². The summed E-state index contributed by atoms with van der Waals surface area (Å²) < 4.78 is 0. The van der Waals surface area contributed by atoms with Crippen LogP contribution in [0.15, 0.2) is 34.9 Å². The molecule has 1 saturated carbocycles. The maximum absolute atomic E-state index is 10.3. The molecule has 5 atom stereocenters. The standard InChI is InChI=1S/C18H24O2/c1-18-9-8-14-13-5-3-12(19)10-11(13)2-4-15(14)16(18)6-7-17(18)20/h8-10,12,15-17,19-20H,2-7H2,1H3/t12?,15-,16+,17+,18+/m1/s1. The Morgan fingerprint density at radius 2 is 1.95 bits per heavy atom. The quantitative estimate of drug-likeness (QED) is 0.711. The molecule has 2 N–H and O–H groups in total. The van der Waals surface area contributed by atoms with Crippen molar-refractivity contribution in [2.24, 2.45) is 17.3 Å². The molecule has 0 heterocycles. The third-order valence-corrected chi connectivity index (χ3v) is 6.32. The number of allylic oxidation sites excluding steroid dienone is 4. The van der Waals surface area contributed by atoms with Crippen molar-refractivity contribution in [1.82, 2.24) is 0 Å². The third kappa shape index (κ3) is 1.64. The number of hydrogen-bond acceptors (Lipinski definition) is 2. The molecule has 20 heavy (non-hydrogen) atoms. The molecule has 0 aliphatic heterocycles. The molecular weight excluding hydrogens is 248 g/mol. The van der Waals surface area contributed by atoms with Crippen molar-refractivity contribution in [3.05, 3.63) is 34.9 Å². The molecule has 0 aromatic rings. The summed E-state index contributed by atoms with van der Waals surface area (Å²) in [5.41, 5.74) is 4.41. The summed E-state index contributed by atoms with van der Waals surface area (Å²) in [5.74, 6) is 1.24. The molecule has 0 bridgehead atoms. The van der Waals surface area contributed by atoms with Gasteiger partial charge in [0.05, 0.1) is 12.2 Å². The fourth-order valence-corrected chi connectivity index (χ4v) is 5.11. The van der Waals surface area contributed by atoms with E-state index >= 15 is 0 Å². The Bertz CT molecular complexity index is 528. The Labute approximate surface area is 120 Å². The topological polar surface area (TPSA) is 40.5 Å². The lowest BCUT2D eigenvalue weighted by atomic mass is 9.60. The first kappa shape index (κ1) is 12.8. The van der Waals surface area contributed by atoms with Crippen LogP contribution in [0.1, 0.15) is 45.4 Å². The highest BCUT2D eigenvalue weighted by molar-refractivity contribution is 5.48. The first-order valence-corrected chi connectivity index (χ1v) is 8.09. The molecule has 1 unspecified atom stereocenters. The minimum Gasteiger partial charge on any atom is -0.392 e. The van der Waals surface area contributed by atoms with Gasteiger partial charge in [-0.1, -0.05) is 25.2 Å². The summed E-state index contributed by atoms with van der Waals surface area (Å²) in [5, 5.41) is 20.1. The van der Waals surface area contributed by atoms with E-state index < -0.39 is 0 Å². The van der Waals surface area contributed by atoms with Gasteiger partial charge >= 0.3 is 0 Å². The molecule has 0 aromatic heterocycles. The van der Waals surface area contributed by atoms with Crippen LogP contribution in [-0.4, -0.2) is 22.4 Å². The van der Waals surface area contributed by atoms with E-state index in [1.54, 1.807) is 0 Å². The monoisotopic (exact) mass is 272 g/mol. The molecule has 0 spiro atoms. The Kier molecular flexibility index (Phi) is 2.77. The minimum absolute atomic E-state index is 0.00980. The van der Waals surface area contributed by atoms with E-state index in [1.165, 1.54) is 23.1 Å². The van der Waals surface area contributed by atoms with E-state index in [0.717, 1.165) is 32.1 Å². The molecule has 0 amide bonds. The van der Waals surface area contributed by atoms with Crippen LogP contribution in [0.3, 0.4) is 0 Å². The second-order valence-corrected chi connectivity index (χ2v) is 7.28. The number of aliphatic hydroxyl groups excluding tert-OH is 2. The Balaban J connectivity index is 1.80. The molecular formula is C18H24O2. The first-order valence-electron chi connectivity index (χ1n) is 8.09. The van der Waals surface area contributed by atoms with E-state index in [2.05, 4.69) is 25.2 Å². The van der Waals surface area contributed by atoms with Crippen molar-refractivity contribution >= 4 is 0 Å². The molecule has 4 aliphatic carbocycles. The SMILES string of the molecule is C[C@]12C=CC3=C4CCC(O)C=C4CC[C@H]3[C@@H]1CC[C@@H]2O. The Morgan fingerprint density at radius 3 is 2.80 bits per heavy atom. The van der Waals surface area contributed by atoms with E-state index in [0.29, 0.717) is 11.8 Å². The molecule has 4 aliphatic rings. The van der Waals surface area contributed by atoms with Gasteiger partial charge in [0, 0.05) is 5.41 Å². The van der Waals surface area contributed by atoms with Crippen LogP contribution in [0.2, 0.25) is 0 Å². The number of hydrogen-bond donors (Lipinski definition) is 2. The second kappa shape index (κ2) is 4.32. The lowest BCUT2D eigenvalue weighted by Gasteiger charge is -2.44. The molecule has 0 saturated heterocycles. The second-order valence-electron chi connectivity index (χ2n) is 7.28. The molecule has 0 aromatic carbocycles. The number of fused-ring (bicyclic) bond motifs is 4. The zero-order chi connectivity index (χ0) is 13.9. The van der Waals surface area contributed by atoms with Crippen molar-refractivity contribution < 1.29 is 10.2 Å². The maximum atomic E-state index is 10.3. The lowest BCUT2D eigenvalue weighted by molar-refractivity contribution is 0.0585. The normalized spacial score (nSPS) is 46.6. The average molecular weight is 272 g/mol. The highest BCUT2D eigenvalue weighted by Gasteiger charge is 2.51. The van der Waals surface area contributed by atoms with Crippen LogP contribution in [0.4, 0.5) is 0 Å². The van der Waals surface area contributed by atoms with Gasteiger partial charge in [-0.05, 0) is 67.1 Å². The summed E-state index contributed by atoms with van der Waals surface area (Å²) in [7, 11) is 0. The fourth-order valence-electron chi connectivity index (χ4n) is 5.11. The average Bonchev–Trinajstić information content (AvgIpc) is 2.74. The van der Waals surface area contributed by atoms with Crippen LogP contribution in [0.5, 0.6) is 0 Å². The summed E-state index contributed by atoms with van der Waals surface area (Å²) in [6.07, 6.45) is 12.5. The maximum Gasteiger partial charge on any atom is 0.0729 e. The molecule has 108 valence electrons. The molecule has 0 radical (unpaired) electrons. The van der Waals surface area contributed by atoms with Gasteiger partial charge in [0.15, 0.2) is 0 Å². The summed E-state index contributed by atoms with van der Waals surface area (Å²) in [4.78, 5) is 0. The van der Waals surface area contributed by atoms with Gasteiger partial charge in [0.2, 0.25) is 0 Å². The highest BCUT2D eigenvalue weighted by atomic mass is 16.3. The molecule has 2 heteroatoms.